The third-order valence-electron chi connectivity index (χ3n) is 5.01. The molecule has 4 N–H and O–H groups in total. The molecule has 3 aromatic rings. The lowest BCUT2D eigenvalue weighted by Crippen LogP contribution is -2.42. The number of nitrogens with zero attached hydrogens (tertiary/aromatic N) is 2. The topological polar surface area (TPSA) is 100 Å². The molecule has 160 valence electrons. The Bertz CT molecular complexity index is 1060. The minimum Gasteiger partial charge on any atom is -0.351 e. The standard InChI is InChI=1S/C22H23ClN6O2/c23-17-6-2-5-16(11-17)19-12-20(28-27-19)22(31)24-13-15-4-1-7-18(10-15)26-21(30)14-29-9-3-8-25-29/h1-11,19-20,27-28H,12-14H2,(H,24,31)(H,26,30). The first-order valence-corrected chi connectivity index (χ1v) is 10.3. The maximum atomic E-state index is 12.6. The highest BCUT2D eigenvalue weighted by molar-refractivity contribution is 6.30. The molecule has 2 unspecified atom stereocenters. The van der Waals surface area contributed by atoms with Crippen molar-refractivity contribution in [3.63, 3.8) is 0 Å². The Balaban J connectivity index is 1.27. The maximum Gasteiger partial charge on any atom is 0.246 e. The van der Waals surface area contributed by atoms with Crippen molar-refractivity contribution < 1.29 is 9.59 Å². The molecule has 2 atom stereocenters. The number of nitrogens with one attached hydrogen (secondary N) is 4. The molecule has 1 aromatic heterocycles. The summed E-state index contributed by atoms with van der Waals surface area (Å²) in [4.78, 5) is 24.7. The number of amides is 2. The van der Waals surface area contributed by atoms with E-state index in [1.165, 1.54) is 0 Å². The predicted molar refractivity (Wildman–Crippen MR) is 118 cm³/mol. The number of benzene rings is 2. The third kappa shape index (κ3) is 5.69. The van der Waals surface area contributed by atoms with Crippen LogP contribution in [0.4, 0.5) is 5.69 Å². The molecule has 0 radical (unpaired) electrons. The fourth-order valence-corrected chi connectivity index (χ4v) is 3.68. The van der Waals surface area contributed by atoms with Gasteiger partial charge in [-0.05, 0) is 47.9 Å². The van der Waals surface area contributed by atoms with Gasteiger partial charge in [-0.25, -0.2) is 10.9 Å². The van der Waals surface area contributed by atoms with Gasteiger partial charge in [0.15, 0.2) is 0 Å². The number of carbonyl (C=O) groups excluding carboxylic acids is 2. The van der Waals surface area contributed by atoms with Gasteiger partial charge in [-0.15, -0.1) is 0 Å². The van der Waals surface area contributed by atoms with Crippen LogP contribution in [0, 0.1) is 0 Å². The normalized spacial score (nSPS) is 18.0. The Kier molecular flexibility index (Phi) is 6.61. The molecule has 1 saturated heterocycles. The molecule has 0 saturated carbocycles. The number of anilines is 1. The Hall–Kier alpha value is -3.20. The van der Waals surface area contributed by atoms with E-state index >= 15 is 0 Å². The van der Waals surface area contributed by atoms with E-state index in [1.807, 2.05) is 48.5 Å². The zero-order chi connectivity index (χ0) is 21.6. The molecular weight excluding hydrogens is 416 g/mol. The largest absolute Gasteiger partial charge is 0.351 e. The second kappa shape index (κ2) is 9.74. The van der Waals surface area contributed by atoms with Crippen molar-refractivity contribution in [2.24, 2.45) is 0 Å². The number of rotatable bonds is 7. The highest BCUT2D eigenvalue weighted by Crippen LogP contribution is 2.24. The van der Waals surface area contributed by atoms with E-state index < -0.39 is 0 Å². The van der Waals surface area contributed by atoms with E-state index in [-0.39, 0.29) is 30.4 Å². The second-order valence-corrected chi connectivity index (χ2v) is 7.79. The zero-order valence-electron chi connectivity index (χ0n) is 16.7. The summed E-state index contributed by atoms with van der Waals surface area (Å²) >= 11 is 6.06. The van der Waals surface area contributed by atoms with Crippen molar-refractivity contribution in [2.45, 2.75) is 31.6 Å². The van der Waals surface area contributed by atoms with E-state index in [2.05, 4.69) is 26.6 Å². The van der Waals surface area contributed by atoms with E-state index in [0.717, 1.165) is 11.1 Å². The highest BCUT2D eigenvalue weighted by atomic mass is 35.5. The van der Waals surface area contributed by atoms with Crippen LogP contribution < -0.4 is 21.5 Å². The van der Waals surface area contributed by atoms with Crippen LogP contribution in [0.1, 0.15) is 23.6 Å². The van der Waals surface area contributed by atoms with Crippen molar-refractivity contribution in [3.05, 3.63) is 83.1 Å². The van der Waals surface area contributed by atoms with Crippen LogP contribution in [0.5, 0.6) is 0 Å². The lowest BCUT2D eigenvalue weighted by molar-refractivity contribution is -0.123. The van der Waals surface area contributed by atoms with Crippen LogP contribution in [0.25, 0.3) is 0 Å². The molecule has 0 aliphatic carbocycles. The quantitative estimate of drug-likeness (QED) is 0.454. The summed E-state index contributed by atoms with van der Waals surface area (Å²) in [6.07, 6.45) is 3.98. The Labute approximate surface area is 184 Å². The summed E-state index contributed by atoms with van der Waals surface area (Å²) in [5, 5.41) is 10.5. The molecule has 2 heterocycles. The summed E-state index contributed by atoms with van der Waals surface area (Å²) in [7, 11) is 0. The first-order chi connectivity index (χ1) is 15.1. The van der Waals surface area contributed by atoms with Crippen LogP contribution in [0.15, 0.2) is 67.0 Å². The number of halogens is 1. The fourth-order valence-electron chi connectivity index (χ4n) is 3.48. The van der Waals surface area contributed by atoms with E-state index in [0.29, 0.717) is 23.7 Å². The van der Waals surface area contributed by atoms with Crippen LogP contribution in [-0.4, -0.2) is 27.6 Å². The molecule has 1 fully saturated rings. The van der Waals surface area contributed by atoms with Gasteiger partial charge in [0.25, 0.3) is 0 Å². The fraction of sp³-hybridized carbons (Fsp3) is 0.227. The minimum atomic E-state index is -0.346. The molecule has 1 aliphatic rings. The van der Waals surface area contributed by atoms with Gasteiger partial charge in [0.1, 0.15) is 12.6 Å². The predicted octanol–water partition coefficient (Wildman–Crippen LogP) is 2.40. The van der Waals surface area contributed by atoms with Crippen molar-refractivity contribution in [2.75, 3.05) is 5.32 Å². The number of carbonyl (C=O) groups is 2. The van der Waals surface area contributed by atoms with Crippen LogP contribution in [-0.2, 0) is 22.7 Å². The zero-order valence-corrected chi connectivity index (χ0v) is 17.5. The summed E-state index contributed by atoms with van der Waals surface area (Å²) < 4.78 is 1.55. The van der Waals surface area contributed by atoms with E-state index in [9.17, 15) is 9.59 Å². The van der Waals surface area contributed by atoms with Gasteiger partial charge in [0.2, 0.25) is 11.8 Å². The van der Waals surface area contributed by atoms with Crippen molar-refractivity contribution in [1.82, 2.24) is 25.9 Å². The van der Waals surface area contributed by atoms with Gasteiger partial charge in [-0.2, -0.15) is 5.10 Å². The second-order valence-electron chi connectivity index (χ2n) is 7.35. The molecule has 31 heavy (non-hydrogen) atoms. The number of hydrogen-bond donors (Lipinski definition) is 4. The average Bonchev–Trinajstić information content (AvgIpc) is 3.44. The molecule has 4 rings (SSSR count). The number of aromatic nitrogens is 2. The van der Waals surface area contributed by atoms with Crippen LogP contribution in [0.3, 0.4) is 0 Å². The van der Waals surface area contributed by atoms with E-state index in [4.69, 9.17) is 11.6 Å². The summed E-state index contributed by atoms with van der Waals surface area (Å²) in [5.41, 5.74) is 8.80. The van der Waals surface area contributed by atoms with Gasteiger partial charge in [0.05, 0.1) is 0 Å². The SMILES string of the molecule is O=C(Cn1cccn1)Nc1cccc(CNC(=O)C2CC(c3cccc(Cl)c3)NN2)c1. The van der Waals surface area contributed by atoms with Gasteiger partial charge >= 0.3 is 0 Å². The van der Waals surface area contributed by atoms with Crippen molar-refractivity contribution in [3.8, 4) is 0 Å². The molecular formula is C22H23ClN6O2. The first kappa shape index (κ1) is 21.0. The highest BCUT2D eigenvalue weighted by Gasteiger charge is 2.30. The van der Waals surface area contributed by atoms with Gasteiger partial charge < -0.3 is 10.6 Å². The van der Waals surface area contributed by atoms with Crippen LogP contribution >= 0.6 is 11.6 Å². The summed E-state index contributed by atoms with van der Waals surface area (Å²) in [6.45, 7) is 0.504. The number of hydrogen-bond acceptors (Lipinski definition) is 5. The lowest BCUT2D eigenvalue weighted by Gasteiger charge is -2.12. The third-order valence-corrected chi connectivity index (χ3v) is 5.25. The Morgan fingerprint density at radius 3 is 2.81 bits per heavy atom. The molecule has 2 aromatic carbocycles. The summed E-state index contributed by atoms with van der Waals surface area (Å²) in [5.74, 6) is -0.261. The Morgan fingerprint density at radius 1 is 1.13 bits per heavy atom. The Morgan fingerprint density at radius 2 is 2.00 bits per heavy atom. The average molecular weight is 439 g/mol. The summed E-state index contributed by atoms with van der Waals surface area (Å²) in [6, 6.07) is 16.4. The molecule has 2 amide bonds. The lowest BCUT2D eigenvalue weighted by atomic mass is 10.0. The monoisotopic (exact) mass is 438 g/mol. The van der Waals surface area contributed by atoms with Crippen molar-refractivity contribution in [1.29, 1.82) is 0 Å². The first-order valence-electron chi connectivity index (χ1n) is 9.97. The maximum absolute atomic E-state index is 12.6. The van der Waals surface area contributed by atoms with Gasteiger partial charge in [-0.3, -0.25) is 14.3 Å². The van der Waals surface area contributed by atoms with Crippen LogP contribution in [0.2, 0.25) is 5.02 Å². The minimum absolute atomic E-state index is 0.0165. The van der Waals surface area contributed by atoms with E-state index in [1.54, 1.807) is 23.1 Å². The molecule has 8 nitrogen and oxygen atoms in total. The molecule has 0 spiro atoms. The molecule has 0 bridgehead atoms. The molecule has 9 heteroatoms. The van der Waals surface area contributed by atoms with Gasteiger partial charge in [0, 0.05) is 35.7 Å². The van der Waals surface area contributed by atoms with Gasteiger partial charge in [-0.1, -0.05) is 35.9 Å². The number of hydrazine groups is 1. The smallest absolute Gasteiger partial charge is 0.246 e. The molecule has 1 aliphatic heterocycles. The van der Waals surface area contributed by atoms with Crippen molar-refractivity contribution >= 4 is 29.1 Å².